The lowest BCUT2D eigenvalue weighted by Crippen LogP contribution is -2.12. The molecule has 2 nitrogen and oxygen atoms in total. The van der Waals surface area contributed by atoms with E-state index in [-0.39, 0.29) is 11.8 Å². The van der Waals surface area contributed by atoms with Gasteiger partial charge >= 0.3 is 0 Å². The smallest absolute Gasteiger partial charge is 0.149 e. The molecule has 2 N–H and O–H groups in total. The second kappa shape index (κ2) is 3.86. The van der Waals surface area contributed by atoms with Gasteiger partial charge in [0, 0.05) is 0 Å². The van der Waals surface area contributed by atoms with Crippen LogP contribution in [0.25, 0.3) is 0 Å². The molecule has 1 aliphatic carbocycles. The van der Waals surface area contributed by atoms with E-state index in [9.17, 15) is 4.39 Å². The summed E-state index contributed by atoms with van der Waals surface area (Å²) in [5.41, 5.74) is 5.69. The van der Waals surface area contributed by atoms with Gasteiger partial charge in [0.2, 0.25) is 0 Å². The van der Waals surface area contributed by atoms with Gasteiger partial charge in [-0.25, -0.2) is 4.39 Å². The number of ether oxygens (including phenoxy) is 1. The molecule has 0 atom stereocenters. The Kier molecular flexibility index (Phi) is 2.57. The molecule has 1 aliphatic rings. The molecule has 1 aromatic rings. The van der Waals surface area contributed by atoms with E-state index in [1.165, 1.54) is 18.9 Å². The van der Waals surface area contributed by atoms with Crippen LogP contribution in [0.4, 0.5) is 10.1 Å². The lowest BCUT2D eigenvalue weighted by Gasteiger charge is -2.14. The van der Waals surface area contributed by atoms with Crippen LogP contribution in [0.1, 0.15) is 25.7 Å². The Morgan fingerprint density at radius 1 is 1.29 bits per heavy atom. The first kappa shape index (κ1) is 9.31. The number of nitrogen functional groups attached to an aromatic ring is 1. The average molecular weight is 195 g/mol. The van der Waals surface area contributed by atoms with Crippen LogP contribution in [0.2, 0.25) is 0 Å². The van der Waals surface area contributed by atoms with Gasteiger partial charge < -0.3 is 10.5 Å². The van der Waals surface area contributed by atoms with E-state index in [0.717, 1.165) is 12.8 Å². The molecule has 76 valence electrons. The maximum absolute atomic E-state index is 13.0. The van der Waals surface area contributed by atoms with E-state index in [1.54, 1.807) is 12.1 Å². The molecular formula is C11H14FNO. The zero-order chi connectivity index (χ0) is 9.97. The Labute approximate surface area is 82.9 Å². The van der Waals surface area contributed by atoms with Crippen molar-refractivity contribution in [3.05, 3.63) is 24.0 Å². The maximum atomic E-state index is 13.0. The Hall–Kier alpha value is -1.25. The van der Waals surface area contributed by atoms with Gasteiger partial charge in [0.05, 0.1) is 6.10 Å². The van der Waals surface area contributed by atoms with E-state index in [2.05, 4.69) is 0 Å². The third-order valence-corrected chi connectivity index (χ3v) is 2.61. The monoisotopic (exact) mass is 195 g/mol. The van der Waals surface area contributed by atoms with Crippen LogP contribution >= 0.6 is 0 Å². The van der Waals surface area contributed by atoms with E-state index < -0.39 is 5.82 Å². The summed E-state index contributed by atoms with van der Waals surface area (Å²) < 4.78 is 18.7. The number of halogens is 1. The fourth-order valence-corrected chi connectivity index (χ4v) is 1.81. The molecule has 0 heterocycles. The van der Waals surface area contributed by atoms with Gasteiger partial charge in [-0.3, -0.25) is 0 Å². The standard InChI is InChI=1S/C11H14FNO/c12-9-6-3-7-10(11(9)13)14-8-4-1-2-5-8/h3,6-8H,1-2,4-5,13H2. The van der Waals surface area contributed by atoms with Crippen molar-refractivity contribution in [1.82, 2.24) is 0 Å². The largest absolute Gasteiger partial charge is 0.488 e. The van der Waals surface area contributed by atoms with Crippen LogP contribution in [0.3, 0.4) is 0 Å². The van der Waals surface area contributed by atoms with Crippen molar-refractivity contribution in [1.29, 1.82) is 0 Å². The van der Waals surface area contributed by atoms with E-state index in [4.69, 9.17) is 10.5 Å². The molecule has 0 saturated heterocycles. The van der Waals surface area contributed by atoms with Crippen LogP contribution < -0.4 is 10.5 Å². The Morgan fingerprint density at radius 3 is 2.71 bits per heavy atom. The van der Waals surface area contributed by atoms with Gasteiger partial charge in [-0.15, -0.1) is 0 Å². The minimum Gasteiger partial charge on any atom is -0.488 e. The van der Waals surface area contributed by atoms with Crippen molar-refractivity contribution in [3.8, 4) is 5.75 Å². The number of hydrogen-bond donors (Lipinski definition) is 1. The van der Waals surface area contributed by atoms with Gasteiger partial charge in [-0.1, -0.05) is 6.07 Å². The predicted molar refractivity (Wildman–Crippen MR) is 53.7 cm³/mol. The fraction of sp³-hybridized carbons (Fsp3) is 0.455. The molecule has 3 heteroatoms. The third-order valence-electron chi connectivity index (χ3n) is 2.61. The summed E-state index contributed by atoms with van der Waals surface area (Å²) in [5.74, 6) is 0.0809. The molecule has 0 bridgehead atoms. The second-order valence-electron chi connectivity index (χ2n) is 3.68. The number of nitrogens with two attached hydrogens (primary N) is 1. The van der Waals surface area contributed by atoms with Gasteiger partial charge in [0.25, 0.3) is 0 Å². The number of hydrogen-bond acceptors (Lipinski definition) is 2. The molecule has 14 heavy (non-hydrogen) atoms. The van der Waals surface area contributed by atoms with Gasteiger partial charge in [0.1, 0.15) is 17.3 Å². The number of benzene rings is 1. The van der Waals surface area contributed by atoms with Crippen molar-refractivity contribution >= 4 is 5.69 Å². The van der Waals surface area contributed by atoms with Crippen molar-refractivity contribution in [2.24, 2.45) is 0 Å². The predicted octanol–water partition coefficient (Wildman–Crippen LogP) is 2.73. The molecular weight excluding hydrogens is 181 g/mol. The van der Waals surface area contributed by atoms with E-state index >= 15 is 0 Å². The Bertz CT molecular complexity index is 321. The van der Waals surface area contributed by atoms with E-state index in [0.29, 0.717) is 5.75 Å². The van der Waals surface area contributed by atoms with Crippen LogP contribution in [0.15, 0.2) is 18.2 Å². The molecule has 0 spiro atoms. The zero-order valence-electron chi connectivity index (χ0n) is 8.00. The SMILES string of the molecule is Nc1c(F)cccc1OC1CCCC1. The first-order chi connectivity index (χ1) is 6.77. The topological polar surface area (TPSA) is 35.2 Å². The normalized spacial score (nSPS) is 17.2. The molecule has 1 aromatic carbocycles. The number of rotatable bonds is 2. The second-order valence-corrected chi connectivity index (χ2v) is 3.68. The first-order valence-electron chi connectivity index (χ1n) is 4.98. The Morgan fingerprint density at radius 2 is 2.00 bits per heavy atom. The van der Waals surface area contributed by atoms with Crippen molar-refractivity contribution in [2.75, 3.05) is 5.73 Å². The van der Waals surface area contributed by atoms with Gasteiger partial charge in [-0.2, -0.15) is 0 Å². The highest BCUT2D eigenvalue weighted by molar-refractivity contribution is 5.53. The molecule has 1 fully saturated rings. The highest BCUT2D eigenvalue weighted by Gasteiger charge is 2.18. The summed E-state index contributed by atoms with van der Waals surface area (Å²) in [5, 5.41) is 0. The number of anilines is 1. The van der Waals surface area contributed by atoms with Crippen molar-refractivity contribution in [2.45, 2.75) is 31.8 Å². The van der Waals surface area contributed by atoms with Crippen molar-refractivity contribution in [3.63, 3.8) is 0 Å². The summed E-state index contributed by atoms with van der Waals surface area (Å²) in [4.78, 5) is 0. The molecule has 0 aliphatic heterocycles. The van der Waals surface area contributed by atoms with Gasteiger partial charge in [0.15, 0.2) is 0 Å². The molecule has 0 unspecified atom stereocenters. The van der Waals surface area contributed by atoms with Crippen molar-refractivity contribution < 1.29 is 9.13 Å². The molecule has 0 aromatic heterocycles. The van der Waals surface area contributed by atoms with Crippen LogP contribution in [0, 0.1) is 5.82 Å². The fourth-order valence-electron chi connectivity index (χ4n) is 1.81. The van der Waals surface area contributed by atoms with Gasteiger partial charge in [-0.05, 0) is 37.8 Å². The van der Waals surface area contributed by atoms with Crippen LogP contribution in [-0.2, 0) is 0 Å². The molecule has 0 amide bonds. The quantitative estimate of drug-likeness (QED) is 0.736. The minimum atomic E-state index is -0.402. The first-order valence-corrected chi connectivity index (χ1v) is 4.98. The number of para-hydroxylation sites is 1. The lowest BCUT2D eigenvalue weighted by atomic mass is 10.2. The highest BCUT2D eigenvalue weighted by atomic mass is 19.1. The molecule has 1 saturated carbocycles. The van der Waals surface area contributed by atoms with E-state index in [1.807, 2.05) is 0 Å². The maximum Gasteiger partial charge on any atom is 0.149 e. The average Bonchev–Trinajstić information content (AvgIpc) is 2.66. The summed E-state index contributed by atoms with van der Waals surface area (Å²) in [6.45, 7) is 0. The minimum absolute atomic E-state index is 0.124. The summed E-state index contributed by atoms with van der Waals surface area (Å²) in [6, 6.07) is 4.68. The molecule has 2 rings (SSSR count). The summed E-state index contributed by atoms with van der Waals surface area (Å²) >= 11 is 0. The molecule has 0 radical (unpaired) electrons. The third kappa shape index (κ3) is 1.81. The lowest BCUT2D eigenvalue weighted by molar-refractivity contribution is 0.210. The van der Waals surface area contributed by atoms with Crippen LogP contribution in [0.5, 0.6) is 5.75 Å². The van der Waals surface area contributed by atoms with Crippen LogP contribution in [-0.4, -0.2) is 6.10 Å². The highest BCUT2D eigenvalue weighted by Crippen LogP contribution is 2.29. The summed E-state index contributed by atoms with van der Waals surface area (Å²) in [7, 11) is 0. The Balaban J connectivity index is 2.11. The zero-order valence-corrected chi connectivity index (χ0v) is 8.00. The summed E-state index contributed by atoms with van der Waals surface area (Å²) in [6.07, 6.45) is 4.71.